The van der Waals surface area contributed by atoms with Crippen LogP contribution in [0.3, 0.4) is 0 Å². The van der Waals surface area contributed by atoms with Crippen LogP contribution in [0.1, 0.15) is 33.6 Å². The molecule has 1 fully saturated rings. The van der Waals surface area contributed by atoms with E-state index in [-0.39, 0.29) is 29.8 Å². The quantitative estimate of drug-likeness (QED) is 0.607. The summed E-state index contributed by atoms with van der Waals surface area (Å²) in [5.74, 6) is -1.26. The van der Waals surface area contributed by atoms with Crippen LogP contribution in [-0.4, -0.2) is 53.6 Å². The molecule has 0 spiro atoms. The number of anilines is 1. The second-order valence-corrected chi connectivity index (χ2v) is 9.62. The van der Waals surface area contributed by atoms with Gasteiger partial charge in [0.25, 0.3) is 5.91 Å². The molecule has 0 aliphatic carbocycles. The van der Waals surface area contributed by atoms with Crippen molar-refractivity contribution in [3.8, 4) is 5.75 Å². The summed E-state index contributed by atoms with van der Waals surface area (Å²) in [7, 11) is 0. The predicted octanol–water partition coefficient (Wildman–Crippen LogP) is 4.38. The van der Waals surface area contributed by atoms with E-state index in [1.165, 1.54) is 17.0 Å². The Balaban J connectivity index is 1.63. The van der Waals surface area contributed by atoms with Crippen LogP contribution in [0, 0.1) is 5.82 Å². The molecule has 2 atom stereocenters. The molecule has 1 aliphatic rings. The van der Waals surface area contributed by atoms with Gasteiger partial charge in [0.15, 0.2) is 6.61 Å². The van der Waals surface area contributed by atoms with Crippen molar-refractivity contribution in [2.45, 2.75) is 51.3 Å². The molecule has 8 nitrogen and oxygen atoms in total. The smallest absolute Gasteiger partial charge is 0.411 e. The molecule has 0 saturated carbocycles. The summed E-state index contributed by atoms with van der Waals surface area (Å²) in [6.07, 6.45) is 0.150. The Morgan fingerprint density at radius 2 is 1.83 bits per heavy atom. The molecule has 188 valence electrons. The molecular formula is C25H29ClFN3O5. The number of ether oxygens (including phenoxy) is 2. The third-order valence-corrected chi connectivity index (χ3v) is 5.49. The van der Waals surface area contributed by atoms with Gasteiger partial charge in [-0.15, -0.1) is 0 Å². The summed E-state index contributed by atoms with van der Waals surface area (Å²) < 4.78 is 24.4. The molecule has 2 unspecified atom stereocenters. The monoisotopic (exact) mass is 505 g/mol. The number of benzene rings is 2. The zero-order chi connectivity index (χ0) is 25.6. The molecule has 0 bridgehead atoms. The van der Waals surface area contributed by atoms with Crippen LogP contribution in [0.25, 0.3) is 0 Å². The van der Waals surface area contributed by atoms with Crippen LogP contribution in [0.15, 0.2) is 48.5 Å². The minimum atomic E-state index is -0.758. The largest absolute Gasteiger partial charge is 0.484 e. The van der Waals surface area contributed by atoms with Gasteiger partial charge in [0.1, 0.15) is 23.2 Å². The Morgan fingerprint density at radius 1 is 1.11 bits per heavy atom. The van der Waals surface area contributed by atoms with Gasteiger partial charge in [0.2, 0.25) is 5.91 Å². The first-order chi connectivity index (χ1) is 16.5. The summed E-state index contributed by atoms with van der Waals surface area (Å²) >= 11 is 5.65. The highest BCUT2D eigenvalue weighted by Crippen LogP contribution is 2.23. The molecule has 1 saturated heterocycles. The maximum absolute atomic E-state index is 13.6. The second-order valence-electron chi connectivity index (χ2n) is 9.21. The zero-order valence-corrected chi connectivity index (χ0v) is 20.6. The fourth-order valence-electron chi connectivity index (χ4n) is 3.62. The Bertz CT molecular complexity index is 1060. The summed E-state index contributed by atoms with van der Waals surface area (Å²) in [6, 6.07) is 11.7. The van der Waals surface area contributed by atoms with Crippen molar-refractivity contribution in [1.82, 2.24) is 10.2 Å². The second kappa shape index (κ2) is 11.4. The molecular weight excluding hydrogens is 477 g/mol. The van der Waals surface area contributed by atoms with E-state index in [2.05, 4.69) is 10.6 Å². The van der Waals surface area contributed by atoms with Crippen LogP contribution >= 0.6 is 11.6 Å². The molecule has 10 heteroatoms. The maximum atomic E-state index is 13.6. The molecule has 1 aliphatic heterocycles. The number of carbonyl (C=O) groups is 3. The van der Waals surface area contributed by atoms with Gasteiger partial charge in [-0.3, -0.25) is 14.5 Å². The number of piperidine rings is 1. The number of nitrogens with one attached hydrogen (secondary N) is 2. The maximum Gasteiger partial charge on any atom is 0.411 e. The standard InChI is InChI=1S/C25H29ClFN3O5/c1-25(2,3)35-24(33)30-14-17(9-12-21(30)23(32)29-16-7-5-4-6-8-16)28-22(31)15-34-18-10-11-19(26)20(27)13-18/h4-8,10-11,13,17,21H,9,12,14-15H2,1-3H3,(H,28,31)(H,29,32). The van der Waals surface area contributed by atoms with Crippen LogP contribution in [0.5, 0.6) is 5.75 Å². The number of hydrogen-bond acceptors (Lipinski definition) is 5. The first-order valence-electron chi connectivity index (χ1n) is 11.2. The normalized spacial score (nSPS) is 17.9. The highest BCUT2D eigenvalue weighted by atomic mass is 35.5. The van der Waals surface area contributed by atoms with Gasteiger partial charge in [0, 0.05) is 24.3 Å². The third-order valence-electron chi connectivity index (χ3n) is 5.18. The first-order valence-corrected chi connectivity index (χ1v) is 11.6. The number of rotatable bonds is 6. The van der Waals surface area contributed by atoms with E-state index >= 15 is 0 Å². The molecule has 35 heavy (non-hydrogen) atoms. The van der Waals surface area contributed by atoms with Crippen LogP contribution in [0.4, 0.5) is 14.9 Å². The lowest BCUT2D eigenvalue weighted by molar-refractivity contribution is -0.125. The van der Waals surface area contributed by atoms with E-state index in [4.69, 9.17) is 21.1 Å². The average molecular weight is 506 g/mol. The molecule has 0 aromatic heterocycles. The van der Waals surface area contributed by atoms with E-state index in [1.807, 2.05) is 6.07 Å². The minimum absolute atomic E-state index is 0.0444. The Hall–Kier alpha value is -3.33. The van der Waals surface area contributed by atoms with E-state index in [9.17, 15) is 18.8 Å². The molecule has 0 radical (unpaired) electrons. The molecule has 3 rings (SSSR count). The highest BCUT2D eigenvalue weighted by molar-refractivity contribution is 6.30. The van der Waals surface area contributed by atoms with Crippen molar-refractivity contribution in [3.05, 3.63) is 59.4 Å². The topological polar surface area (TPSA) is 97.0 Å². The van der Waals surface area contributed by atoms with E-state index in [1.54, 1.807) is 45.0 Å². The molecule has 2 aromatic carbocycles. The summed E-state index contributed by atoms with van der Waals surface area (Å²) in [6.45, 7) is 4.96. The summed E-state index contributed by atoms with van der Waals surface area (Å²) in [5, 5.41) is 5.59. The number of nitrogens with zero attached hydrogens (tertiary/aromatic N) is 1. The third kappa shape index (κ3) is 7.85. The Labute approximate surface area is 208 Å². The SMILES string of the molecule is CC(C)(C)OC(=O)N1CC(NC(=O)COc2ccc(Cl)c(F)c2)CCC1C(=O)Nc1ccccc1. The lowest BCUT2D eigenvalue weighted by Gasteiger charge is -2.39. The molecule has 2 N–H and O–H groups in total. The van der Waals surface area contributed by atoms with Gasteiger partial charge in [-0.1, -0.05) is 29.8 Å². The average Bonchev–Trinajstić information content (AvgIpc) is 2.79. The van der Waals surface area contributed by atoms with Gasteiger partial charge in [0.05, 0.1) is 5.02 Å². The van der Waals surface area contributed by atoms with Crippen molar-refractivity contribution >= 4 is 35.2 Å². The van der Waals surface area contributed by atoms with Crippen LogP contribution in [-0.2, 0) is 14.3 Å². The first kappa shape index (κ1) is 26.3. The minimum Gasteiger partial charge on any atom is -0.484 e. The van der Waals surface area contributed by atoms with Gasteiger partial charge < -0.3 is 20.1 Å². The van der Waals surface area contributed by atoms with Gasteiger partial charge in [-0.2, -0.15) is 0 Å². The zero-order valence-electron chi connectivity index (χ0n) is 19.8. The fourth-order valence-corrected chi connectivity index (χ4v) is 3.73. The summed E-state index contributed by atoms with van der Waals surface area (Å²) in [4.78, 5) is 39.7. The lowest BCUT2D eigenvalue weighted by atomic mass is 9.97. The van der Waals surface area contributed by atoms with Crippen molar-refractivity contribution in [2.24, 2.45) is 0 Å². The van der Waals surface area contributed by atoms with E-state index in [0.717, 1.165) is 6.07 Å². The molecule has 1 heterocycles. The van der Waals surface area contributed by atoms with Crippen LogP contribution < -0.4 is 15.4 Å². The van der Waals surface area contributed by atoms with Crippen LogP contribution in [0.2, 0.25) is 5.02 Å². The number of halogens is 2. The number of carbonyl (C=O) groups excluding carboxylic acids is 3. The number of para-hydroxylation sites is 1. The van der Waals surface area contributed by atoms with E-state index < -0.39 is 35.5 Å². The van der Waals surface area contributed by atoms with Crippen molar-refractivity contribution in [2.75, 3.05) is 18.5 Å². The summed E-state index contributed by atoms with van der Waals surface area (Å²) in [5.41, 5.74) is -0.136. The number of amides is 3. The van der Waals surface area contributed by atoms with Gasteiger partial charge >= 0.3 is 6.09 Å². The Kier molecular flexibility index (Phi) is 8.56. The molecule has 3 amide bonds. The molecule has 2 aromatic rings. The Morgan fingerprint density at radius 3 is 2.49 bits per heavy atom. The van der Waals surface area contributed by atoms with Crippen molar-refractivity contribution in [1.29, 1.82) is 0 Å². The van der Waals surface area contributed by atoms with Gasteiger partial charge in [-0.05, 0) is 57.9 Å². The number of likely N-dealkylation sites (tertiary alicyclic amines) is 1. The van der Waals surface area contributed by atoms with Gasteiger partial charge in [-0.25, -0.2) is 9.18 Å². The highest BCUT2D eigenvalue weighted by Gasteiger charge is 2.38. The fraction of sp³-hybridized carbons (Fsp3) is 0.400. The van der Waals surface area contributed by atoms with Crippen molar-refractivity contribution in [3.63, 3.8) is 0 Å². The van der Waals surface area contributed by atoms with Crippen molar-refractivity contribution < 1.29 is 28.2 Å². The number of hydrogen-bond donors (Lipinski definition) is 2. The van der Waals surface area contributed by atoms with E-state index in [0.29, 0.717) is 18.5 Å². The lowest BCUT2D eigenvalue weighted by Crippen LogP contribution is -2.58. The predicted molar refractivity (Wildman–Crippen MR) is 130 cm³/mol.